The molecule has 1 heterocycles. The van der Waals surface area contributed by atoms with Gasteiger partial charge in [-0.1, -0.05) is 23.5 Å². The first-order valence-corrected chi connectivity index (χ1v) is 8.45. The van der Waals surface area contributed by atoms with Gasteiger partial charge in [0.2, 0.25) is 0 Å². The van der Waals surface area contributed by atoms with Crippen molar-refractivity contribution in [3.05, 3.63) is 58.6 Å². The fraction of sp³-hybridized carbons (Fsp3) is 0.222. The smallest absolute Gasteiger partial charge is 0.283 e. The number of para-hydroxylation sites is 1. The van der Waals surface area contributed by atoms with Crippen molar-refractivity contribution in [2.45, 2.75) is 6.54 Å². The predicted molar refractivity (Wildman–Crippen MR) is 94.5 cm³/mol. The monoisotopic (exact) mass is 360 g/mol. The highest BCUT2D eigenvalue weighted by atomic mass is 32.1. The molecule has 2 aromatic carbocycles. The molecular formula is C18H17FN2O3S. The van der Waals surface area contributed by atoms with E-state index < -0.39 is 5.91 Å². The number of rotatable bonds is 5. The minimum Gasteiger partial charge on any atom is -0.496 e. The van der Waals surface area contributed by atoms with Crippen LogP contribution in [0.15, 0.2) is 47.5 Å². The van der Waals surface area contributed by atoms with E-state index in [4.69, 9.17) is 9.47 Å². The van der Waals surface area contributed by atoms with Gasteiger partial charge in [0.1, 0.15) is 11.6 Å². The molecule has 5 nitrogen and oxygen atoms in total. The number of thiazole rings is 1. The summed E-state index contributed by atoms with van der Waals surface area (Å²) in [5, 5.41) is 0. The lowest BCUT2D eigenvalue weighted by Crippen LogP contribution is -2.19. The van der Waals surface area contributed by atoms with E-state index in [1.54, 1.807) is 37.4 Å². The van der Waals surface area contributed by atoms with Crippen LogP contribution in [0.5, 0.6) is 5.75 Å². The maximum atomic E-state index is 13.5. The number of amides is 1. The number of nitrogens with zero attached hydrogens (tertiary/aromatic N) is 2. The molecule has 0 saturated carbocycles. The molecule has 0 aliphatic carbocycles. The normalized spacial score (nSPS) is 11.9. The summed E-state index contributed by atoms with van der Waals surface area (Å²) in [5.41, 5.74) is 1.20. The standard InChI is InChI=1S/C18H17FN2O3S/c1-23-10-9-21-14-8-7-12(19)11-16(14)25-18(21)20-17(22)13-5-3-4-6-15(13)24-2/h3-8,11H,9-10H2,1-2H3. The molecule has 3 rings (SSSR count). The van der Waals surface area contributed by atoms with Crippen molar-refractivity contribution >= 4 is 27.5 Å². The second kappa shape index (κ2) is 7.58. The molecule has 130 valence electrons. The van der Waals surface area contributed by atoms with E-state index in [9.17, 15) is 9.18 Å². The third-order valence-electron chi connectivity index (χ3n) is 3.70. The summed E-state index contributed by atoms with van der Waals surface area (Å²) in [6, 6.07) is 11.4. The molecule has 0 saturated heterocycles. The van der Waals surface area contributed by atoms with E-state index >= 15 is 0 Å². The third kappa shape index (κ3) is 3.62. The second-order valence-electron chi connectivity index (χ2n) is 5.26. The lowest BCUT2D eigenvalue weighted by atomic mass is 10.2. The van der Waals surface area contributed by atoms with Crippen LogP contribution >= 0.6 is 11.3 Å². The Morgan fingerprint density at radius 1 is 1.24 bits per heavy atom. The molecular weight excluding hydrogens is 343 g/mol. The summed E-state index contributed by atoms with van der Waals surface area (Å²) in [6.07, 6.45) is 0. The predicted octanol–water partition coefficient (Wildman–Crippen LogP) is 3.24. The SMILES string of the molecule is COCCn1c(=NC(=O)c2ccccc2OC)sc2cc(F)ccc21. The molecule has 0 N–H and O–H groups in total. The fourth-order valence-corrected chi connectivity index (χ4v) is 3.58. The summed E-state index contributed by atoms with van der Waals surface area (Å²) in [7, 11) is 3.11. The molecule has 0 aliphatic rings. The number of hydrogen-bond acceptors (Lipinski definition) is 4. The van der Waals surface area contributed by atoms with Crippen LogP contribution in [0.1, 0.15) is 10.4 Å². The molecule has 0 bridgehead atoms. The van der Waals surface area contributed by atoms with Crippen LogP contribution in [-0.4, -0.2) is 31.3 Å². The number of benzene rings is 2. The van der Waals surface area contributed by atoms with Crippen molar-refractivity contribution in [2.75, 3.05) is 20.8 Å². The highest BCUT2D eigenvalue weighted by molar-refractivity contribution is 7.16. The Balaban J connectivity index is 2.12. The lowest BCUT2D eigenvalue weighted by molar-refractivity contribution is 0.0994. The third-order valence-corrected chi connectivity index (χ3v) is 4.74. The van der Waals surface area contributed by atoms with Crippen molar-refractivity contribution in [2.24, 2.45) is 4.99 Å². The first-order valence-electron chi connectivity index (χ1n) is 7.64. The zero-order chi connectivity index (χ0) is 17.8. The minimum absolute atomic E-state index is 0.324. The van der Waals surface area contributed by atoms with Gasteiger partial charge >= 0.3 is 0 Å². The van der Waals surface area contributed by atoms with Gasteiger partial charge in [0.15, 0.2) is 4.80 Å². The van der Waals surface area contributed by atoms with Crippen molar-refractivity contribution in [3.63, 3.8) is 0 Å². The van der Waals surface area contributed by atoms with Crippen molar-refractivity contribution in [3.8, 4) is 5.75 Å². The number of carbonyl (C=O) groups excluding carboxylic acids is 1. The number of carbonyl (C=O) groups is 1. The van der Waals surface area contributed by atoms with Crippen molar-refractivity contribution in [1.82, 2.24) is 4.57 Å². The summed E-state index contributed by atoms with van der Waals surface area (Å²) in [4.78, 5) is 17.3. The van der Waals surface area contributed by atoms with Crippen LogP contribution in [0.3, 0.4) is 0 Å². The molecule has 0 spiro atoms. The molecule has 3 aromatic rings. The van der Waals surface area contributed by atoms with E-state index in [0.717, 1.165) is 10.2 Å². The first-order chi connectivity index (χ1) is 12.1. The molecule has 0 atom stereocenters. The van der Waals surface area contributed by atoms with Crippen LogP contribution in [0.2, 0.25) is 0 Å². The second-order valence-corrected chi connectivity index (χ2v) is 6.27. The van der Waals surface area contributed by atoms with Gasteiger partial charge in [0.25, 0.3) is 5.91 Å². The molecule has 7 heteroatoms. The first kappa shape index (κ1) is 17.3. The van der Waals surface area contributed by atoms with Crippen LogP contribution in [-0.2, 0) is 11.3 Å². The zero-order valence-electron chi connectivity index (χ0n) is 13.9. The maximum absolute atomic E-state index is 13.5. The number of fused-ring (bicyclic) bond motifs is 1. The van der Waals surface area contributed by atoms with E-state index in [2.05, 4.69) is 4.99 Å². The number of hydrogen-bond donors (Lipinski definition) is 0. The van der Waals surface area contributed by atoms with Gasteiger partial charge in [-0.3, -0.25) is 4.79 Å². The van der Waals surface area contributed by atoms with E-state index in [0.29, 0.717) is 29.3 Å². The van der Waals surface area contributed by atoms with Gasteiger partial charge in [-0.15, -0.1) is 0 Å². The Bertz CT molecular complexity index is 978. The molecule has 0 fully saturated rings. The van der Waals surface area contributed by atoms with E-state index in [1.807, 2.05) is 4.57 Å². The van der Waals surface area contributed by atoms with E-state index in [1.165, 1.54) is 30.6 Å². The Morgan fingerprint density at radius 2 is 2.04 bits per heavy atom. The Morgan fingerprint density at radius 3 is 2.80 bits per heavy atom. The fourth-order valence-electron chi connectivity index (χ4n) is 2.50. The molecule has 0 unspecified atom stereocenters. The summed E-state index contributed by atoms with van der Waals surface area (Å²) < 4.78 is 26.4. The van der Waals surface area contributed by atoms with E-state index in [-0.39, 0.29) is 5.82 Å². The van der Waals surface area contributed by atoms with Crippen LogP contribution in [0.4, 0.5) is 4.39 Å². The highest BCUT2D eigenvalue weighted by Gasteiger charge is 2.13. The maximum Gasteiger partial charge on any atom is 0.283 e. The zero-order valence-corrected chi connectivity index (χ0v) is 14.7. The molecule has 0 radical (unpaired) electrons. The van der Waals surface area contributed by atoms with Crippen LogP contribution in [0, 0.1) is 5.82 Å². The quantitative estimate of drug-likeness (QED) is 0.702. The topological polar surface area (TPSA) is 52.8 Å². The van der Waals surface area contributed by atoms with Gasteiger partial charge in [-0.25, -0.2) is 4.39 Å². The average molecular weight is 360 g/mol. The van der Waals surface area contributed by atoms with Gasteiger partial charge in [-0.05, 0) is 30.3 Å². The number of aromatic nitrogens is 1. The van der Waals surface area contributed by atoms with Gasteiger partial charge < -0.3 is 14.0 Å². The average Bonchev–Trinajstić information content (AvgIpc) is 2.95. The van der Waals surface area contributed by atoms with Gasteiger partial charge in [0, 0.05) is 13.7 Å². The Labute approximate surface area is 148 Å². The summed E-state index contributed by atoms with van der Waals surface area (Å²) >= 11 is 1.26. The van der Waals surface area contributed by atoms with Crippen LogP contribution < -0.4 is 9.54 Å². The van der Waals surface area contributed by atoms with Gasteiger partial charge in [-0.2, -0.15) is 4.99 Å². The largest absolute Gasteiger partial charge is 0.496 e. The summed E-state index contributed by atoms with van der Waals surface area (Å²) in [6.45, 7) is 0.972. The van der Waals surface area contributed by atoms with Crippen molar-refractivity contribution < 1.29 is 18.7 Å². The number of halogens is 1. The molecule has 0 aliphatic heterocycles. The minimum atomic E-state index is -0.407. The lowest BCUT2D eigenvalue weighted by Gasteiger charge is -2.05. The van der Waals surface area contributed by atoms with Crippen LogP contribution in [0.25, 0.3) is 10.2 Å². The molecule has 25 heavy (non-hydrogen) atoms. The molecule has 1 amide bonds. The summed E-state index contributed by atoms with van der Waals surface area (Å²) in [5.74, 6) is -0.266. The Kier molecular flexibility index (Phi) is 5.25. The number of ether oxygens (including phenoxy) is 2. The highest BCUT2D eigenvalue weighted by Crippen LogP contribution is 2.20. The molecule has 1 aromatic heterocycles. The Hall–Kier alpha value is -2.51. The van der Waals surface area contributed by atoms with Crippen molar-refractivity contribution in [1.29, 1.82) is 0 Å². The van der Waals surface area contributed by atoms with Gasteiger partial charge in [0.05, 0.1) is 29.5 Å². The number of methoxy groups -OCH3 is 2.